The standard InChI is InChI=1S/C27H32N2O7/c1-17(2)36-20-7-4-18(5-8-20)25(31)23-24(19-6-9-21(30)22(16-19)34-3)29(27(33)26(23)32)11-10-28-12-14-35-15-13-28/h4-9,16-17,24,30-31H,10-15H2,1-3H3/b25-23+/t24-/m1/s1. The first-order valence-corrected chi connectivity index (χ1v) is 12.0. The number of methoxy groups -OCH3 is 1. The molecule has 2 aromatic carbocycles. The van der Waals surface area contributed by atoms with E-state index in [2.05, 4.69) is 4.90 Å². The lowest BCUT2D eigenvalue weighted by Gasteiger charge is -2.31. The molecule has 36 heavy (non-hydrogen) atoms. The second kappa shape index (κ2) is 11.0. The van der Waals surface area contributed by atoms with E-state index >= 15 is 0 Å². The monoisotopic (exact) mass is 496 g/mol. The van der Waals surface area contributed by atoms with Crippen molar-refractivity contribution >= 4 is 17.4 Å². The predicted molar refractivity (Wildman–Crippen MR) is 133 cm³/mol. The van der Waals surface area contributed by atoms with Gasteiger partial charge in [0.2, 0.25) is 0 Å². The van der Waals surface area contributed by atoms with E-state index in [1.54, 1.807) is 36.4 Å². The molecule has 0 unspecified atom stereocenters. The van der Waals surface area contributed by atoms with E-state index in [0.717, 1.165) is 13.1 Å². The molecule has 1 atom stereocenters. The first-order chi connectivity index (χ1) is 17.3. The minimum atomic E-state index is -0.841. The van der Waals surface area contributed by atoms with Gasteiger partial charge in [-0.2, -0.15) is 0 Å². The minimum absolute atomic E-state index is 0.00718. The largest absolute Gasteiger partial charge is 0.507 e. The summed E-state index contributed by atoms with van der Waals surface area (Å²) in [4.78, 5) is 30.1. The molecule has 2 aliphatic heterocycles. The van der Waals surface area contributed by atoms with Crippen LogP contribution < -0.4 is 9.47 Å². The number of Topliss-reactive ketones (excluding diaryl/α,β-unsaturated/α-hetero) is 1. The normalized spacial score (nSPS) is 20.2. The highest BCUT2D eigenvalue weighted by molar-refractivity contribution is 6.46. The number of rotatable bonds is 8. The van der Waals surface area contributed by atoms with Crippen LogP contribution in [0.25, 0.3) is 5.76 Å². The van der Waals surface area contributed by atoms with Gasteiger partial charge >= 0.3 is 0 Å². The molecule has 0 aromatic heterocycles. The topological polar surface area (TPSA) is 109 Å². The van der Waals surface area contributed by atoms with Gasteiger partial charge in [0.05, 0.1) is 38.0 Å². The van der Waals surface area contributed by atoms with Crippen LogP contribution in [0.3, 0.4) is 0 Å². The highest BCUT2D eigenvalue weighted by Gasteiger charge is 2.46. The molecule has 1 amide bonds. The van der Waals surface area contributed by atoms with Gasteiger partial charge < -0.3 is 29.3 Å². The first kappa shape index (κ1) is 25.5. The molecule has 2 N–H and O–H groups in total. The van der Waals surface area contributed by atoms with Crippen molar-refractivity contribution in [2.45, 2.75) is 26.0 Å². The van der Waals surface area contributed by atoms with Crippen LogP contribution in [0, 0.1) is 0 Å². The molecule has 2 aliphatic rings. The van der Waals surface area contributed by atoms with E-state index in [9.17, 15) is 19.8 Å². The average molecular weight is 497 g/mol. The van der Waals surface area contributed by atoms with Crippen LogP contribution in [-0.2, 0) is 14.3 Å². The number of morpholine rings is 1. The van der Waals surface area contributed by atoms with Crippen molar-refractivity contribution in [2.24, 2.45) is 0 Å². The van der Waals surface area contributed by atoms with Gasteiger partial charge in [0, 0.05) is 31.7 Å². The van der Waals surface area contributed by atoms with E-state index in [-0.39, 0.29) is 35.5 Å². The van der Waals surface area contributed by atoms with Gasteiger partial charge in [0.25, 0.3) is 11.7 Å². The quantitative estimate of drug-likeness (QED) is 0.326. The third kappa shape index (κ3) is 5.32. The number of benzene rings is 2. The predicted octanol–water partition coefficient (Wildman–Crippen LogP) is 2.94. The Morgan fingerprint density at radius 3 is 2.42 bits per heavy atom. The summed E-state index contributed by atoms with van der Waals surface area (Å²) >= 11 is 0. The zero-order valence-electron chi connectivity index (χ0n) is 20.8. The maximum absolute atomic E-state index is 13.3. The maximum Gasteiger partial charge on any atom is 0.295 e. The summed E-state index contributed by atoms with van der Waals surface area (Å²) in [7, 11) is 1.43. The fourth-order valence-electron chi connectivity index (χ4n) is 4.51. The Hall–Kier alpha value is -3.56. The van der Waals surface area contributed by atoms with Crippen molar-refractivity contribution in [1.29, 1.82) is 0 Å². The molecule has 2 fully saturated rings. The van der Waals surface area contributed by atoms with Gasteiger partial charge in [-0.25, -0.2) is 0 Å². The van der Waals surface area contributed by atoms with Gasteiger partial charge in [0.15, 0.2) is 11.5 Å². The van der Waals surface area contributed by atoms with Crippen molar-refractivity contribution < 1.29 is 34.0 Å². The number of ether oxygens (including phenoxy) is 3. The fourth-order valence-corrected chi connectivity index (χ4v) is 4.51. The van der Waals surface area contributed by atoms with Crippen LogP contribution in [0.5, 0.6) is 17.2 Å². The molecule has 9 nitrogen and oxygen atoms in total. The molecule has 192 valence electrons. The number of likely N-dealkylation sites (tertiary alicyclic amines) is 1. The second-order valence-corrected chi connectivity index (χ2v) is 9.07. The smallest absolute Gasteiger partial charge is 0.295 e. The Balaban J connectivity index is 1.73. The number of ketones is 1. The molecule has 2 saturated heterocycles. The van der Waals surface area contributed by atoms with Crippen LogP contribution >= 0.6 is 0 Å². The number of hydrogen-bond acceptors (Lipinski definition) is 8. The molecule has 0 bridgehead atoms. The van der Waals surface area contributed by atoms with Gasteiger partial charge in [-0.3, -0.25) is 14.5 Å². The summed E-state index contributed by atoms with van der Waals surface area (Å²) in [6, 6.07) is 10.6. The molecule has 4 rings (SSSR count). The zero-order valence-corrected chi connectivity index (χ0v) is 20.8. The van der Waals surface area contributed by atoms with Gasteiger partial charge in [-0.15, -0.1) is 0 Å². The lowest BCUT2D eigenvalue weighted by molar-refractivity contribution is -0.140. The molecular weight excluding hydrogens is 464 g/mol. The van der Waals surface area contributed by atoms with Crippen molar-refractivity contribution in [3.05, 3.63) is 59.2 Å². The number of aromatic hydroxyl groups is 1. The highest BCUT2D eigenvalue weighted by atomic mass is 16.5. The third-order valence-electron chi connectivity index (χ3n) is 6.32. The molecule has 2 heterocycles. The summed E-state index contributed by atoms with van der Waals surface area (Å²) < 4.78 is 16.3. The number of nitrogens with zero attached hydrogens (tertiary/aromatic N) is 2. The van der Waals surface area contributed by atoms with E-state index < -0.39 is 17.7 Å². The van der Waals surface area contributed by atoms with Gasteiger partial charge in [0.1, 0.15) is 11.5 Å². The molecular formula is C27H32N2O7. The van der Waals surface area contributed by atoms with E-state index in [1.165, 1.54) is 18.1 Å². The Kier molecular flexibility index (Phi) is 7.81. The Labute approximate surface area is 210 Å². The number of hydrogen-bond donors (Lipinski definition) is 2. The summed E-state index contributed by atoms with van der Waals surface area (Å²) in [5.41, 5.74) is 0.937. The Morgan fingerprint density at radius 1 is 1.08 bits per heavy atom. The number of carbonyl (C=O) groups is 2. The molecule has 2 aromatic rings. The lowest BCUT2D eigenvalue weighted by Crippen LogP contribution is -2.42. The second-order valence-electron chi connectivity index (χ2n) is 9.07. The molecule has 0 saturated carbocycles. The SMILES string of the molecule is COc1cc([C@@H]2/C(=C(\O)c3ccc(OC(C)C)cc3)C(=O)C(=O)N2CCN2CCOCC2)ccc1O. The van der Waals surface area contributed by atoms with E-state index in [1.807, 2.05) is 13.8 Å². The van der Waals surface area contributed by atoms with Crippen LogP contribution in [0.1, 0.15) is 31.0 Å². The van der Waals surface area contributed by atoms with Gasteiger partial charge in [-0.1, -0.05) is 6.07 Å². The Bertz CT molecular complexity index is 1140. The van der Waals surface area contributed by atoms with Crippen LogP contribution in [0.15, 0.2) is 48.0 Å². The molecule has 0 spiro atoms. The molecule has 0 radical (unpaired) electrons. The van der Waals surface area contributed by atoms with Gasteiger partial charge in [-0.05, 0) is 55.8 Å². The van der Waals surface area contributed by atoms with Crippen LogP contribution in [0.2, 0.25) is 0 Å². The first-order valence-electron chi connectivity index (χ1n) is 12.0. The number of aliphatic hydroxyl groups excluding tert-OH is 1. The minimum Gasteiger partial charge on any atom is -0.507 e. The van der Waals surface area contributed by atoms with E-state index in [0.29, 0.717) is 36.6 Å². The van der Waals surface area contributed by atoms with Crippen molar-refractivity contribution in [2.75, 3.05) is 46.5 Å². The third-order valence-corrected chi connectivity index (χ3v) is 6.32. The van der Waals surface area contributed by atoms with Crippen LogP contribution in [-0.4, -0.2) is 84.3 Å². The number of carbonyl (C=O) groups excluding carboxylic acids is 2. The number of phenols is 1. The molecule has 0 aliphatic carbocycles. The number of phenolic OH excluding ortho intramolecular Hbond substituents is 1. The lowest BCUT2D eigenvalue weighted by atomic mass is 9.95. The zero-order chi connectivity index (χ0) is 25.8. The Morgan fingerprint density at radius 2 is 1.78 bits per heavy atom. The number of amides is 1. The van der Waals surface area contributed by atoms with E-state index in [4.69, 9.17) is 14.2 Å². The highest BCUT2D eigenvalue weighted by Crippen LogP contribution is 2.41. The van der Waals surface area contributed by atoms with Crippen molar-refractivity contribution in [3.8, 4) is 17.2 Å². The van der Waals surface area contributed by atoms with Crippen LogP contribution in [0.4, 0.5) is 0 Å². The average Bonchev–Trinajstić information content (AvgIpc) is 3.13. The fraction of sp³-hybridized carbons (Fsp3) is 0.407. The number of aliphatic hydroxyl groups is 1. The summed E-state index contributed by atoms with van der Waals surface area (Å²) in [6.07, 6.45) is -0.00860. The summed E-state index contributed by atoms with van der Waals surface area (Å²) in [5.74, 6) is -0.924. The van der Waals surface area contributed by atoms with Crippen molar-refractivity contribution in [1.82, 2.24) is 9.80 Å². The summed E-state index contributed by atoms with van der Waals surface area (Å²) in [6.45, 7) is 7.40. The summed E-state index contributed by atoms with van der Waals surface area (Å²) in [5, 5.41) is 21.4. The molecule has 9 heteroatoms. The van der Waals surface area contributed by atoms with Crippen molar-refractivity contribution in [3.63, 3.8) is 0 Å². The maximum atomic E-state index is 13.3.